The summed E-state index contributed by atoms with van der Waals surface area (Å²) in [5.74, 6) is -0.289. The van der Waals surface area contributed by atoms with Crippen molar-refractivity contribution >= 4 is 18.3 Å². The van der Waals surface area contributed by atoms with Crippen molar-refractivity contribution < 1.29 is 13.9 Å². The summed E-state index contributed by atoms with van der Waals surface area (Å²) < 4.78 is 17.9. The molecule has 1 unspecified atom stereocenters. The molecule has 0 aromatic heterocycles. The van der Waals surface area contributed by atoms with Crippen LogP contribution in [0.3, 0.4) is 0 Å². The Morgan fingerprint density at radius 1 is 1.42 bits per heavy atom. The lowest BCUT2D eigenvalue weighted by atomic mass is 10.1. The second kappa shape index (κ2) is 8.09. The molecule has 1 aliphatic rings. The summed E-state index contributed by atoms with van der Waals surface area (Å²) in [7, 11) is 0. The third kappa shape index (κ3) is 5.14. The van der Waals surface area contributed by atoms with Crippen LogP contribution in [0.2, 0.25) is 0 Å². The molecule has 106 valence electrons. The molecule has 1 aromatic carbocycles. The van der Waals surface area contributed by atoms with Gasteiger partial charge in [0.2, 0.25) is 5.91 Å². The van der Waals surface area contributed by atoms with E-state index in [1.165, 1.54) is 12.1 Å². The molecule has 0 aliphatic carbocycles. The summed E-state index contributed by atoms with van der Waals surface area (Å²) >= 11 is 0. The summed E-state index contributed by atoms with van der Waals surface area (Å²) in [6.07, 6.45) is 0.694. The molecule has 2 rings (SSSR count). The van der Waals surface area contributed by atoms with Crippen LogP contribution in [0.15, 0.2) is 24.3 Å². The Morgan fingerprint density at radius 2 is 2.16 bits per heavy atom. The van der Waals surface area contributed by atoms with Gasteiger partial charge >= 0.3 is 0 Å². The minimum Gasteiger partial charge on any atom is -0.378 e. The van der Waals surface area contributed by atoms with Crippen molar-refractivity contribution in [3.05, 3.63) is 35.6 Å². The molecule has 1 fully saturated rings. The summed E-state index contributed by atoms with van der Waals surface area (Å²) in [5.41, 5.74) is 1.00. The SMILES string of the molecule is Cl.O=C(NCCc1ccc(F)cc1)C1COCCN1. The third-order valence-electron chi connectivity index (χ3n) is 2.86. The molecule has 2 N–H and O–H groups in total. The molecule has 0 spiro atoms. The molecule has 0 saturated carbocycles. The van der Waals surface area contributed by atoms with Gasteiger partial charge in [-0.3, -0.25) is 4.79 Å². The van der Waals surface area contributed by atoms with Gasteiger partial charge < -0.3 is 15.4 Å². The first-order valence-electron chi connectivity index (χ1n) is 6.09. The summed E-state index contributed by atoms with van der Waals surface area (Å²) in [6.45, 7) is 2.32. The highest BCUT2D eigenvalue weighted by molar-refractivity contribution is 5.85. The third-order valence-corrected chi connectivity index (χ3v) is 2.86. The maximum absolute atomic E-state index is 12.7. The fourth-order valence-corrected chi connectivity index (χ4v) is 1.84. The predicted octanol–water partition coefficient (Wildman–Crippen LogP) is 0.895. The molecule has 0 radical (unpaired) electrons. The Balaban J connectivity index is 0.00000180. The number of carbonyl (C=O) groups excluding carboxylic acids is 1. The van der Waals surface area contributed by atoms with Crippen LogP contribution < -0.4 is 10.6 Å². The van der Waals surface area contributed by atoms with Gasteiger partial charge in [0, 0.05) is 13.1 Å². The first-order chi connectivity index (χ1) is 8.75. The molecule has 6 heteroatoms. The van der Waals surface area contributed by atoms with Gasteiger partial charge in [0.15, 0.2) is 0 Å². The highest BCUT2D eigenvalue weighted by Crippen LogP contribution is 2.02. The van der Waals surface area contributed by atoms with Crippen LogP contribution in [0.4, 0.5) is 4.39 Å². The summed E-state index contributed by atoms with van der Waals surface area (Å²) in [5, 5.41) is 5.93. The molecule has 0 bridgehead atoms. The summed E-state index contributed by atoms with van der Waals surface area (Å²) in [6, 6.07) is 6.04. The molecular formula is C13H18ClFN2O2. The molecular weight excluding hydrogens is 271 g/mol. The van der Waals surface area contributed by atoms with E-state index in [0.29, 0.717) is 32.7 Å². The Morgan fingerprint density at radius 3 is 2.79 bits per heavy atom. The van der Waals surface area contributed by atoms with Crippen molar-refractivity contribution in [2.75, 3.05) is 26.3 Å². The molecule has 19 heavy (non-hydrogen) atoms. The Kier molecular flexibility index (Phi) is 6.77. The van der Waals surface area contributed by atoms with Crippen LogP contribution in [0.1, 0.15) is 5.56 Å². The first kappa shape index (κ1) is 15.9. The zero-order valence-electron chi connectivity index (χ0n) is 10.5. The van der Waals surface area contributed by atoms with E-state index < -0.39 is 0 Å². The second-order valence-electron chi connectivity index (χ2n) is 4.25. The number of nitrogens with one attached hydrogen (secondary N) is 2. The van der Waals surface area contributed by atoms with E-state index in [4.69, 9.17) is 4.74 Å². The van der Waals surface area contributed by atoms with Crippen molar-refractivity contribution in [1.29, 1.82) is 0 Å². The Bertz CT molecular complexity index is 394. The van der Waals surface area contributed by atoms with E-state index in [2.05, 4.69) is 10.6 Å². The van der Waals surface area contributed by atoms with Crippen LogP contribution in [0, 0.1) is 5.82 Å². The van der Waals surface area contributed by atoms with E-state index in [1.807, 2.05) is 0 Å². The van der Waals surface area contributed by atoms with Gasteiger partial charge in [-0.1, -0.05) is 12.1 Å². The lowest BCUT2D eigenvalue weighted by Crippen LogP contribution is -2.51. The Labute approximate surface area is 118 Å². The van der Waals surface area contributed by atoms with E-state index >= 15 is 0 Å². The van der Waals surface area contributed by atoms with E-state index in [9.17, 15) is 9.18 Å². The van der Waals surface area contributed by atoms with Gasteiger partial charge in [-0.25, -0.2) is 4.39 Å². The molecule has 1 aromatic rings. The monoisotopic (exact) mass is 288 g/mol. The lowest BCUT2D eigenvalue weighted by Gasteiger charge is -2.22. The van der Waals surface area contributed by atoms with Gasteiger partial charge in [0.25, 0.3) is 0 Å². The average molecular weight is 289 g/mol. The van der Waals surface area contributed by atoms with Crippen molar-refractivity contribution in [2.24, 2.45) is 0 Å². The van der Waals surface area contributed by atoms with E-state index in [0.717, 1.165) is 5.56 Å². The lowest BCUT2D eigenvalue weighted by molar-refractivity contribution is -0.125. The second-order valence-corrected chi connectivity index (χ2v) is 4.25. The highest BCUT2D eigenvalue weighted by atomic mass is 35.5. The largest absolute Gasteiger partial charge is 0.378 e. The molecule has 1 amide bonds. The number of amides is 1. The summed E-state index contributed by atoms with van der Waals surface area (Å²) in [4.78, 5) is 11.7. The van der Waals surface area contributed by atoms with Crippen molar-refractivity contribution in [3.63, 3.8) is 0 Å². The number of halogens is 2. The van der Waals surface area contributed by atoms with Crippen LogP contribution in [0.25, 0.3) is 0 Å². The number of morpholine rings is 1. The predicted molar refractivity (Wildman–Crippen MR) is 73.0 cm³/mol. The number of hydrogen-bond acceptors (Lipinski definition) is 3. The van der Waals surface area contributed by atoms with E-state index in [1.54, 1.807) is 12.1 Å². The van der Waals surface area contributed by atoms with Crippen molar-refractivity contribution in [2.45, 2.75) is 12.5 Å². The molecule has 4 nitrogen and oxygen atoms in total. The van der Waals surface area contributed by atoms with Crippen molar-refractivity contribution in [1.82, 2.24) is 10.6 Å². The molecule has 1 aliphatic heterocycles. The Hall–Kier alpha value is -1.17. The van der Waals surface area contributed by atoms with Crippen LogP contribution in [-0.2, 0) is 16.0 Å². The van der Waals surface area contributed by atoms with Gasteiger partial charge in [0.1, 0.15) is 11.9 Å². The van der Waals surface area contributed by atoms with Gasteiger partial charge in [-0.05, 0) is 24.1 Å². The quantitative estimate of drug-likeness (QED) is 0.865. The first-order valence-corrected chi connectivity index (χ1v) is 6.09. The van der Waals surface area contributed by atoms with Crippen LogP contribution >= 0.6 is 12.4 Å². The number of rotatable bonds is 4. The van der Waals surface area contributed by atoms with E-state index in [-0.39, 0.29) is 30.2 Å². The van der Waals surface area contributed by atoms with Crippen molar-refractivity contribution in [3.8, 4) is 0 Å². The zero-order valence-corrected chi connectivity index (χ0v) is 11.3. The average Bonchev–Trinajstić information content (AvgIpc) is 2.42. The van der Waals surface area contributed by atoms with Gasteiger partial charge in [-0.2, -0.15) is 0 Å². The van der Waals surface area contributed by atoms with Gasteiger partial charge in [-0.15, -0.1) is 12.4 Å². The normalized spacial score (nSPS) is 18.5. The minimum absolute atomic E-state index is 0. The topological polar surface area (TPSA) is 50.4 Å². The number of hydrogen-bond donors (Lipinski definition) is 2. The number of benzene rings is 1. The smallest absolute Gasteiger partial charge is 0.239 e. The fraction of sp³-hybridized carbons (Fsp3) is 0.462. The zero-order chi connectivity index (χ0) is 12.8. The standard InChI is InChI=1S/C13H17FN2O2.ClH/c14-11-3-1-10(2-4-11)5-6-16-13(17)12-9-18-8-7-15-12;/h1-4,12,15H,5-9H2,(H,16,17);1H. The maximum atomic E-state index is 12.7. The van der Waals surface area contributed by atoms with Crippen LogP contribution in [-0.4, -0.2) is 38.3 Å². The van der Waals surface area contributed by atoms with Crippen LogP contribution in [0.5, 0.6) is 0 Å². The minimum atomic E-state index is -0.257. The molecule has 1 saturated heterocycles. The number of ether oxygens (including phenoxy) is 1. The number of carbonyl (C=O) groups is 1. The highest BCUT2D eigenvalue weighted by Gasteiger charge is 2.20. The van der Waals surface area contributed by atoms with Gasteiger partial charge in [0.05, 0.1) is 13.2 Å². The fourth-order valence-electron chi connectivity index (χ4n) is 1.84. The molecule has 1 heterocycles. The maximum Gasteiger partial charge on any atom is 0.239 e. The molecule has 1 atom stereocenters.